The smallest absolute Gasteiger partial charge is 0.146 e. The average Bonchev–Trinajstić information content (AvgIpc) is 2.50. The number of pyridine rings is 1. The number of aromatic nitrogens is 1. The molecule has 2 rings (SSSR count). The molecule has 0 saturated carbocycles. The summed E-state index contributed by atoms with van der Waals surface area (Å²) in [6.45, 7) is 6.51. The number of nitrogens with zero attached hydrogens (tertiary/aromatic N) is 3. The Kier molecular flexibility index (Phi) is 3.58. The molecular formula is C13H17N3S. The largest absolute Gasteiger partial charge is 0.355 e. The summed E-state index contributed by atoms with van der Waals surface area (Å²) in [6, 6.07) is 5.88. The summed E-state index contributed by atoms with van der Waals surface area (Å²) in [5.41, 5.74) is 0.678. The standard InChI is InChI=1S/C13H17N3S/c1-13(2)5-7-16(8-9-17-13)12-11(10-14)4-3-6-15-12/h3-4,6H,5,7-9H2,1-2H3. The highest BCUT2D eigenvalue weighted by molar-refractivity contribution is 8.00. The van der Waals surface area contributed by atoms with Gasteiger partial charge in [-0.2, -0.15) is 17.0 Å². The molecule has 1 saturated heterocycles. The molecule has 0 aromatic carbocycles. The van der Waals surface area contributed by atoms with Crippen molar-refractivity contribution in [2.45, 2.75) is 25.0 Å². The van der Waals surface area contributed by atoms with Crippen LogP contribution < -0.4 is 4.90 Å². The molecule has 2 heterocycles. The van der Waals surface area contributed by atoms with Crippen molar-refractivity contribution in [2.24, 2.45) is 0 Å². The quantitative estimate of drug-likeness (QED) is 0.765. The molecule has 1 aliphatic rings. The highest BCUT2D eigenvalue weighted by Crippen LogP contribution is 2.32. The molecular weight excluding hydrogens is 230 g/mol. The summed E-state index contributed by atoms with van der Waals surface area (Å²) in [5.74, 6) is 1.93. The van der Waals surface area contributed by atoms with E-state index in [4.69, 9.17) is 5.26 Å². The molecule has 3 nitrogen and oxygen atoms in total. The second-order valence-electron chi connectivity index (χ2n) is 4.83. The normalized spacial score (nSPS) is 19.5. The number of anilines is 1. The second kappa shape index (κ2) is 4.97. The molecule has 90 valence electrons. The zero-order valence-corrected chi connectivity index (χ0v) is 11.1. The Labute approximate surface area is 107 Å². The fraction of sp³-hybridized carbons (Fsp3) is 0.538. The van der Waals surface area contributed by atoms with Crippen LogP contribution in [0.3, 0.4) is 0 Å². The molecule has 0 N–H and O–H groups in total. The van der Waals surface area contributed by atoms with Crippen LogP contribution in [0.15, 0.2) is 18.3 Å². The fourth-order valence-corrected chi connectivity index (χ4v) is 3.07. The molecule has 1 aliphatic heterocycles. The first-order chi connectivity index (χ1) is 8.12. The first-order valence-corrected chi connectivity index (χ1v) is 6.85. The molecule has 17 heavy (non-hydrogen) atoms. The minimum atomic E-state index is 0.330. The van der Waals surface area contributed by atoms with Crippen LogP contribution in [-0.2, 0) is 0 Å². The van der Waals surface area contributed by atoms with Gasteiger partial charge in [0.15, 0.2) is 0 Å². The fourth-order valence-electron chi connectivity index (χ4n) is 1.97. The molecule has 0 aliphatic carbocycles. The van der Waals surface area contributed by atoms with E-state index in [2.05, 4.69) is 29.8 Å². The topological polar surface area (TPSA) is 39.9 Å². The second-order valence-corrected chi connectivity index (χ2v) is 6.63. The molecule has 4 heteroatoms. The minimum absolute atomic E-state index is 0.330. The van der Waals surface area contributed by atoms with E-state index in [1.54, 1.807) is 6.20 Å². The van der Waals surface area contributed by atoms with Crippen LogP contribution in [0.5, 0.6) is 0 Å². The van der Waals surface area contributed by atoms with Gasteiger partial charge in [0, 0.05) is 29.8 Å². The van der Waals surface area contributed by atoms with Crippen LogP contribution in [-0.4, -0.2) is 28.6 Å². The SMILES string of the molecule is CC1(C)CCN(c2ncccc2C#N)CCS1. The summed E-state index contributed by atoms with van der Waals surface area (Å²) in [5, 5.41) is 9.10. The van der Waals surface area contributed by atoms with Crippen molar-refractivity contribution in [3.8, 4) is 6.07 Å². The van der Waals surface area contributed by atoms with Crippen molar-refractivity contribution in [3.63, 3.8) is 0 Å². The number of nitriles is 1. The Morgan fingerprint density at radius 2 is 2.29 bits per heavy atom. The predicted octanol–water partition coefficient (Wildman–Crippen LogP) is 2.68. The predicted molar refractivity (Wildman–Crippen MR) is 72.3 cm³/mol. The summed E-state index contributed by atoms with van der Waals surface area (Å²) in [6.07, 6.45) is 2.89. The number of hydrogen-bond donors (Lipinski definition) is 0. The molecule has 0 unspecified atom stereocenters. The molecule has 1 fully saturated rings. The zero-order valence-electron chi connectivity index (χ0n) is 10.3. The summed E-state index contributed by atoms with van der Waals surface area (Å²) in [4.78, 5) is 6.59. The van der Waals surface area contributed by atoms with Crippen molar-refractivity contribution in [1.29, 1.82) is 5.26 Å². The van der Waals surface area contributed by atoms with Crippen molar-refractivity contribution in [2.75, 3.05) is 23.7 Å². The van der Waals surface area contributed by atoms with Crippen LogP contribution >= 0.6 is 11.8 Å². The number of rotatable bonds is 1. The molecule has 0 amide bonds. The molecule has 0 atom stereocenters. The van der Waals surface area contributed by atoms with Gasteiger partial charge in [-0.15, -0.1) is 0 Å². The summed E-state index contributed by atoms with van der Waals surface area (Å²) < 4.78 is 0.330. The van der Waals surface area contributed by atoms with Gasteiger partial charge in [-0.05, 0) is 18.6 Å². The van der Waals surface area contributed by atoms with E-state index < -0.39 is 0 Å². The van der Waals surface area contributed by atoms with Gasteiger partial charge >= 0.3 is 0 Å². The lowest BCUT2D eigenvalue weighted by atomic mass is 10.1. The molecule has 0 bridgehead atoms. The zero-order chi connectivity index (χ0) is 12.3. The van der Waals surface area contributed by atoms with Crippen molar-refractivity contribution < 1.29 is 0 Å². The number of hydrogen-bond acceptors (Lipinski definition) is 4. The van der Waals surface area contributed by atoms with Crippen molar-refractivity contribution >= 4 is 17.6 Å². The van der Waals surface area contributed by atoms with Gasteiger partial charge in [-0.1, -0.05) is 13.8 Å². The highest BCUT2D eigenvalue weighted by atomic mass is 32.2. The van der Waals surface area contributed by atoms with Gasteiger partial charge in [0.25, 0.3) is 0 Å². The maximum atomic E-state index is 9.10. The lowest BCUT2D eigenvalue weighted by molar-refractivity contribution is 0.635. The molecule has 0 radical (unpaired) electrons. The first-order valence-electron chi connectivity index (χ1n) is 5.86. The molecule has 1 aromatic heterocycles. The van der Waals surface area contributed by atoms with E-state index in [0.29, 0.717) is 10.3 Å². The van der Waals surface area contributed by atoms with E-state index >= 15 is 0 Å². The number of thioether (sulfide) groups is 1. The van der Waals surface area contributed by atoms with Crippen LogP contribution in [0.2, 0.25) is 0 Å². The van der Waals surface area contributed by atoms with Crippen molar-refractivity contribution in [1.82, 2.24) is 4.98 Å². The average molecular weight is 247 g/mol. The summed E-state index contributed by atoms with van der Waals surface area (Å²) >= 11 is 2.00. The van der Waals surface area contributed by atoms with Gasteiger partial charge < -0.3 is 4.90 Å². The van der Waals surface area contributed by atoms with Gasteiger partial charge in [0.05, 0.1) is 5.56 Å². The third-order valence-electron chi connectivity index (χ3n) is 3.04. The molecule has 0 spiro atoms. The Bertz CT molecular complexity index is 437. The first kappa shape index (κ1) is 12.3. The van der Waals surface area contributed by atoms with Crippen LogP contribution in [0, 0.1) is 11.3 Å². The van der Waals surface area contributed by atoms with E-state index in [1.807, 2.05) is 23.9 Å². The Balaban J connectivity index is 2.20. The molecule has 1 aromatic rings. The van der Waals surface area contributed by atoms with Gasteiger partial charge in [-0.25, -0.2) is 4.98 Å². The Hall–Kier alpha value is -1.21. The summed E-state index contributed by atoms with van der Waals surface area (Å²) in [7, 11) is 0. The van der Waals surface area contributed by atoms with Gasteiger partial charge in [0.2, 0.25) is 0 Å². The van der Waals surface area contributed by atoms with Crippen LogP contribution in [0.4, 0.5) is 5.82 Å². The van der Waals surface area contributed by atoms with E-state index in [1.165, 1.54) is 0 Å². The van der Waals surface area contributed by atoms with Crippen LogP contribution in [0.1, 0.15) is 25.8 Å². The maximum Gasteiger partial charge on any atom is 0.146 e. The van der Waals surface area contributed by atoms with Gasteiger partial charge in [0.1, 0.15) is 11.9 Å². The van der Waals surface area contributed by atoms with Gasteiger partial charge in [-0.3, -0.25) is 0 Å². The van der Waals surface area contributed by atoms with E-state index in [-0.39, 0.29) is 0 Å². The monoisotopic (exact) mass is 247 g/mol. The minimum Gasteiger partial charge on any atom is -0.355 e. The van der Waals surface area contributed by atoms with Crippen molar-refractivity contribution in [3.05, 3.63) is 23.9 Å². The Morgan fingerprint density at radius 3 is 3.06 bits per heavy atom. The van der Waals surface area contributed by atoms with E-state index in [0.717, 1.165) is 31.1 Å². The Morgan fingerprint density at radius 1 is 1.47 bits per heavy atom. The third-order valence-corrected chi connectivity index (χ3v) is 4.42. The third kappa shape index (κ3) is 2.92. The maximum absolute atomic E-state index is 9.10. The lowest BCUT2D eigenvalue weighted by Gasteiger charge is -2.23. The lowest BCUT2D eigenvalue weighted by Crippen LogP contribution is -2.28. The van der Waals surface area contributed by atoms with E-state index in [9.17, 15) is 0 Å². The van der Waals surface area contributed by atoms with Crippen LogP contribution in [0.25, 0.3) is 0 Å². The highest BCUT2D eigenvalue weighted by Gasteiger charge is 2.25.